The molecule has 0 bridgehead atoms. The third kappa shape index (κ3) is 1.03. The van der Waals surface area contributed by atoms with Crippen LogP contribution in [0.25, 0.3) is 0 Å². The Kier molecular flexibility index (Phi) is 1.72. The van der Waals surface area contributed by atoms with E-state index in [9.17, 15) is 0 Å². The van der Waals surface area contributed by atoms with Crippen LogP contribution in [0.2, 0.25) is 24.7 Å². The average Bonchev–Trinajstić information content (AvgIpc) is 2.41. The summed E-state index contributed by atoms with van der Waals surface area (Å²) in [6.07, 6.45) is 1.26. The molecule has 1 rings (SSSR count). The van der Waals surface area contributed by atoms with E-state index in [-0.39, 0.29) is 0 Å². The molecule has 0 aromatic carbocycles. The summed E-state index contributed by atoms with van der Waals surface area (Å²) in [5.74, 6) is 0.624. The van der Waals surface area contributed by atoms with E-state index < -0.39 is 8.07 Å². The fraction of sp³-hybridized carbons (Fsp3) is 1.00. The van der Waals surface area contributed by atoms with Gasteiger partial charge in [-0.05, 0) is 17.4 Å². The molecule has 10 heavy (non-hydrogen) atoms. The summed E-state index contributed by atoms with van der Waals surface area (Å²) in [4.78, 5) is 0. The van der Waals surface area contributed by atoms with Crippen molar-refractivity contribution in [3.05, 3.63) is 0 Å². The van der Waals surface area contributed by atoms with Crippen LogP contribution < -0.4 is 0 Å². The minimum atomic E-state index is -0.992. The highest BCUT2D eigenvalue weighted by molar-refractivity contribution is 6.80. The van der Waals surface area contributed by atoms with Gasteiger partial charge in [-0.25, -0.2) is 0 Å². The quantitative estimate of drug-likeness (QED) is 0.610. The molecule has 1 N–H and O–H groups in total. The molecular formula is C8H18OSi. The summed E-state index contributed by atoms with van der Waals surface area (Å²) < 4.78 is 0. The zero-order valence-corrected chi connectivity index (χ0v) is 8.44. The predicted octanol–water partition coefficient (Wildman–Crippen LogP) is 2.10. The second-order valence-electron chi connectivity index (χ2n) is 4.75. The fourth-order valence-electron chi connectivity index (χ4n) is 1.64. The van der Waals surface area contributed by atoms with E-state index in [1.54, 1.807) is 0 Å². The van der Waals surface area contributed by atoms with Crippen LogP contribution in [0.15, 0.2) is 0 Å². The van der Waals surface area contributed by atoms with E-state index in [1.807, 2.05) is 0 Å². The van der Waals surface area contributed by atoms with E-state index in [1.165, 1.54) is 6.42 Å². The first-order valence-corrected chi connectivity index (χ1v) is 7.52. The lowest BCUT2D eigenvalue weighted by atomic mass is 10.3. The summed E-state index contributed by atoms with van der Waals surface area (Å²) in [5.41, 5.74) is 0. The van der Waals surface area contributed by atoms with Crippen LogP contribution >= 0.6 is 0 Å². The summed E-state index contributed by atoms with van der Waals surface area (Å²) in [6, 6.07) is 0. The van der Waals surface area contributed by atoms with Crippen LogP contribution in [0.1, 0.15) is 13.3 Å². The maximum Gasteiger partial charge on any atom is 0.0506 e. The van der Waals surface area contributed by atoms with Gasteiger partial charge in [0, 0.05) is 6.61 Å². The van der Waals surface area contributed by atoms with E-state index in [2.05, 4.69) is 26.6 Å². The molecule has 1 aliphatic rings. The van der Waals surface area contributed by atoms with Crippen LogP contribution in [-0.2, 0) is 0 Å². The van der Waals surface area contributed by atoms with Gasteiger partial charge in [0.2, 0.25) is 0 Å². The Balaban J connectivity index is 2.59. The normalized spacial score (nSPS) is 39.9. The highest BCUT2D eigenvalue weighted by atomic mass is 28.3. The van der Waals surface area contributed by atoms with Gasteiger partial charge >= 0.3 is 0 Å². The molecule has 0 aromatic rings. The smallest absolute Gasteiger partial charge is 0.0506 e. The van der Waals surface area contributed by atoms with Gasteiger partial charge in [0.25, 0.3) is 0 Å². The van der Waals surface area contributed by atoms with E-state index in [0.717, 1.165) is 0 Å². The lowest BCUT2D eigenvalue weighted by Crippen LogP contribution is -2.29. The second-order valence-corrected chi connectivity index (χ2v) is 10.4. The van der Waals surface area contributed by atoms with Crippen molar-refractivity contribution in [3.8, 4) is 0 Å². The topological polar surface area (TPSA) is 20.2 Å². The molecule has 2 heteroatoms. The van der Waals surface area contributed by atoms with E-state index in [0.29, 0.717) is 17.6 Å². The molecule has 0 heterocycles. The molecule has 0 amide bonds. The lowest BCUT2D eigenvalue weighted by Gasteiger charge is -2.25. The van der Waals surface area contributed by atoms with E-state index >= 15 is 0 Å². The van der Waals surface area contributed by atoms with Gasteiger partial charge in [0.15, 0.2) is 0 Å². The van der Waals surface area contributed by atoms with Crippen molar-refractivity contribution in [3.63, 3.8) is 0 Å². The maximum atomic E-state index is 8.93. The third-order valence-corrected chi connectivity index (χ3v) is 7.38. The van der Waals surface area contributed by atoms with Crippen molar-refractivity contribution in [1.82, 2.24) is 0 Å². The van der Waals surface area contributed by atoms with Crippen molar-refractivity contribution in [2.45, 2.75) is 38.0 Å². The molecule has 1 aliphatic carbocycles. The molecule has 60 valence electrons. The Hall–Kier alpha value is 0.177. The summed E-state index contributed by atoms with van der Waals surface area (Å²) >= 11 is 0. The molecule has 0 radical (unpaired) electrons. The minimum absolute atomic E-state index is 0.404. The maximum absolute atomic E-state index is 8.93. The number of hydrogen-bond donors (Lipinski definition) is 1. The van der Waals surface area contributed by atoms with Gasteiger partial charge in [0.05, 0.1) is 8.07 Å². The molecule has 1 nitrogen and oxygen atoms in total. The average molecular weight is 158 g/mol. The number of aliphatic hydroxyl groups is 1. The largest absolute Gasteiger partial charge is 0.396 e. The Morgan fingerprint density at radius 2 is 2.00 bits per heavy atom. The van der Waals surface area contributed by atoms with Gasteiger partial charge in [-0.3, -0.25) is 0 Å². The van der Waals surface area contributed by atoms with Crippen LogP contribution in [0.4, 0.5) is 0 Å². The minimum Gasteiger partial charge on any atom is -0.396 e. The van der Waals surface area contributed by atoms with Crippen LogP contribution in [0.3, 0.4) is 0 Å². The summed E-state index contributed by atoms with van der Waals surface area (Å²) in [5, 5.41) is 9.47. The highest BCUT2D eigenvalue weighted by Gasteiger charge is 2.57. The van der Waals surface area contributed by atoms with E-state index in [4.69, 9.17) is 5.11 Å². The molecular weight excluding hydrogens is 140 g/mol. The van der Waals surface area contributed by atoms with Gasteiger partial charge < -0.3 is 5.11 Å². The van der Waals surface area contributed by atoms with Crippen molar-refractivity contribution in [1.29, 1.82) is 0 Å². The van der Waals surface area contributed by atoms with Gasteiger partial charge in [-0.2, -0.15) is 0 Å². The standard InChI is InChI=1S/C8H18OSi/c1-8(10(2,3)4)5-7(8)6-9/h7,9H,5-6H2,1-4H3/t7-,8+/m0/s1. The van der Waals surface area contributed by atoms with Gasteiger partial charge in [-0.1, -0.05) is 26.6 Å². The number of hydrogen-bond acceptors (Lipinski definition) is 1. The van der Waals surface area contributed by atoms with Crippen LogP contribution in [0, 0.1) is 5.92 Å². The summed E-state index contributed by atoms with van der Waals surface area (Å²) in [6.45, 7) is 9.91. The monoisotopic (exact) mass is 158 g/mol. The highest BCUT2D eigenvalue weighted by Crippen LogP contribution is 2.64. The summed E-state index contributed by atoms with van der Waals surface area (Å²) in [7, 11) is -0.992. The SMILES string of the molecule is C[C@@]1([Si](C)(C)C)C[C@H]1CO. The molecule has 0 spiro atoms. The zero-order chi connectivity index (χ0) is 7.99. The number of rotatable bonds is 2. The Morgan fingerprint density at radius 3 is 2.10 bits per heavy atom. The molecule has 0 unspecified atom stereocenters. The van der Waals surface area contributed by atoms with Crippen molar-refractivity contribution in [2.24, 2.45) is 5.92 Å². The fourth-order valence-corrected chi connectivity index (χ4v) is 3.81. The Labute approximate surface area is 64.5 Å². The molecule has 1 saturated carbocycles. The van der Waals surface area contributed by atoms with Crippen molar-refractivity contribution >= 4 is 8.07 Å². The Bertz CT molecular complexity index is 139. The van der Waals surface area contributed by atoms with Gasteiger partial charge in [-0.15, -0.1) is 0 Å². The molecule has 0 aromatic heterocycles. The number of aliphatic hydroxyl groups excluding tert-OH is 1. The van der Waals surface area contributed by atoms with Crippen LogP contribution in [0.5, 0.6) is 0 Å². The zero-order valence-electron chi connectivity index (χ0n) is 7.44. The second kappa shape index (κ2) is 2.08. The van der Waals surface area contributed by atoms with Crippen molar-refractivity contribution in [2.75, 3.05) is 6.61 Å². The molecule has 2 atom stereocenters. The first-order chi connectivity index (χ1) is 4.42. The van der Waals surface area contributed by atoms with Crippen LogP contribution in [-0.4, -0.2) is 19.8 Å². The molecule has 0 aliphatic heterocycles. The third-order valence-electron chi connectivity index (χ3n) is 3.35. The first kappa shape index (κ1) is 8.28. The molecule has 1 fully saturated rings. The predicted molar refractivity (Wildman–Crippen MR) is 46.9 cm³/mol. The molecule has 0 saturated heterocycles. The van der Waals surface area contributed by atoms with Gasteiger partial charge in [0.1, 0.15) is 0 Å². The lowest BCUT2D eigenvalue weighted by molar-refractivity contribution is 0.271. The Morgan fingerprint density at radius 1 is 1.50 bits per heavy atom. The first-order valence-electron chi connectivity index (χ1n) is 4.02. The van der Waals surface area contributed by atoms with Crippen molar-refractivity contribution < 1.29 is 5.11 Å².